The molecule has 0 unspecified atom stereocenters. The molecule has 0 aliphatic carbocycles. The van der Waals surface area contributed by atoms with Crippen LogP contribution in [0.2, 0.25) is 0 Å². The van der Waals surface area contributed by atoms with Gasteiger partial charge in [0.1, 0.15) is 6.61 Å². The topological polar surface area (TPSA) is 63.3 Å². The van der Waals surface area contributed by atoms with Crippen molar-refractivity contribution in [2.45, 2.75) is 19.8 Å². The third-order valence-electron chi connectivity index (χ3n) is 2.13. The van der Waals surface area contributed by atoms with Crippen LogP contribution in [0.5, 0.6) is 0 Å². The Hall–Kier alpha value is -1.35. The van der Waals surface area contributed by atoms with Crippen molar-refractivity contribution in [3.05, 3.63) is 29.3 Å². The first-order valence-corrected chi connectivity index (χ1v) is 4.71. The Morgan fingerprint density at radius 2 is 2.21 bits per heavy atom. The molecule has 1 aromatic carbocycles. The number of nitrogens with two attached hydrogens (primary N) is 1. The maximum atomic E-state index is 11.2. The van der Waals surface area contributed by atoms with Gasteiger partial charge in [-0.1, -0.05) is 13.3 Å². The van der Waals surface area contributed by atoms with Gasteiger partial charge in [-0.2, -0.15) is 0 Å². The summed E-state index contributed by atoms with van der Waals surface area (Å²) in [6.45, 7) is 1.61. The Kier molecular flexibility index (Phi) is 3.65. The summed E-state index contributed by atoms with van der Waals surface area (Å²) in [5, 5.41) is 8.70. The minimum Gasteiger partial charge on any atom is -0.399 e. The summed E-state index contributed by atoms with van der Waals surface area (Å²) in [4.78, 5) is 11.2. The molecule has 0 aromatic heterocycles. The number of aryl methyl sites for hydroxylation is 1. The predicted octanol–water partition coefficient (Wildman–Crippen LogP) is 1.40. The zero-order chi connectivity index (χ0) is 10.6. The zero-order valence-electron chi connectivity index (χ0n) is 8.29. The molecule has 0 amide bonds. The Morgan fingerprint density at radius 1 is 1.50 bits per heavy atom. The van der Waals surface area contributed by atoms with E-state index in [2.05, 4.69) is 6.92 Å². The fraction of sp³-hybridized carbons (Fsp3) is 0.364. The highest BCUT2D eigenvalue weighted by Gasteiger charge is 2.06. The number of carbonyl (C=O) groups excluding carboxylic acids is 1. The second-order valence-electron chi connectivity index (χ2n) is 3.24. The summed E-state index contributed by atoms with van der Waals surface area (Å²) in [6.07, 6.45) is 1.85. The summed E-state index contributed by atoms with van der Waals surface area (Å²) >= 11 is 0. The van der Waals surface area contributed by atoms with E-state index < -0.39 is 6.61 Å². The lowest BCUT2D eigenvalue weighted by Gasteiger charge is -2.06. The lowest BCUT2D eigenvalue weighted by molar-refractivity contribution is 0.0903. The molecule has 3 N–H and O–H groups in total. The van der Waals surface area contributed by atoms with Gasteiger partial charge in [0.2, 0.25) is 0 Å². The number of carbonyl (C=O) groups is 1. The molecule has 0 spiro atoms. The van der Waals surface area contributed by atoms with E-state index in [0.717, 1.165) is 18.4 Å². The van der Waals surface area contributed by atoms with E-state index in [1.165, 1.54) is 0 Å². The molecule has 0 fully saturated rings. The Labute approximate surface area is 83.6 Å². The number of benzene rings is 1. The second-order valence-corrected chi connectivity index (χ2v) is 3.24. The largest absolute Gasteiger partial charge is 0.399 e. The standard InChI is InChI=1S/C11H15NO2/c1-2-3-8-6-9(11(14)7-13)4-5-10(8)12/h4-6,13H,2-3,7,12H2,1H3. The zero-order valence-corrected chi connectivity index (χ0v) is 8.29. The average molecular weight is 193 g/mol. The van der Waals surface area contributed by atoms with E-state index >= 15 is 0 Å². The van der Waals surface area contributed by atoms with Gasteiger partial charge >= 0.3 is 0 Å². The highest BCUT2D eigenvalue weighted by molar-refractivity contribution is 5.97. The Balaban J connectivity index is 2.99. The van der Waals surface area contributed by atoms with E-state index in [0.29, 0.717) is 11.3 Å². The summed E-state index contributed by atoms with van der Waals surface area (Å²) in [6, 6.07) is 5.12. The first-order chi connectivity index (χ1) is 6.69. The molecule has 0 saturated heterocycles. The third kappa shape index (κ3) is 2.33. The lowest BCUT2D eigenvalue weighted by Crippen LogP contribution is -2.06. The summed E-state index contributed by atoms with van der Waals surface area (Å²) < 4.78 is 0. The van der Waals surface area contributed by atoms with E-state index in [4.69, 9.17) is 10.8 Å². The van der Waals surface area contributed by atoms with Crippen LogP contribution in [-0.2, 0) is 6.42 Å². The molecule has 3 heteroatoms. The highest BCUT2D eigenvalue weighted by atomic mass is 16.3. The van der Waals surface area contributed by atoms with Crippen LogP contribution in [0.1, 0.15) is 29.3 Å². The van der Waals surface area contributed by atoms with Crippen LogP contribution in [0.15, 0.2) is 18.2 Å². The molecule has 0 atom stereocenters. The summed E-state index contributed by atoms with van der Waals surface area (Å²) in [7, 11) is 0. The fourth-order valence-electron chi connectivity index (χ4n) is 1.36. The van der Waals surface area contributed by atoms with Crippen molar-refractivity contribution in [2.75, 3.05) is 12.3 Å². The number of rotatable bonds is 4. The maximum absolute atomic E-state index is 11.2. The van der Waals surface area contributed by atoms with Gasteiger partial charge in [0.25, 0.3) is 0 Å². The molecule has 1 aromatic rings. The molecule has 76 valence electrons. The Bertz CT molecular complexity index is 334. The van der Waals surface area contributed by atoms with Crippen LogP contribution in [-0.4, -0.2) is 17.5 Å². The van der Waals surface area contributed by atoms with Crippen LogP contribution in [0, 0.1) is 0 Å². The van der Waals surface area contributed by atoms with Crippen molar-refractivity contribution in [2.24, 2.45) is 0 Å². The smallest absolute Gasteiger partial charge is 0.188 e. The van der Waals surface area contributed by atoms with Crippen molar-refractivity contribution in [1.82, 2.24) is 0 Å². The van der Waals surface area contributed by atoms with Crippen LogP contribution in [0.25, 0.3) is 0 Å². The van der Waals surface area contributed by atoms with Gasteiger partial charge in [-0.3, -0.25) is 4.79 Å². The molecule has 14 heavy (non-hydrogen) atoms. The number of ketones is 1. The molecule has 0 bridgehead atoms. The minimum absolute atomic E-state index is 0.262. The number of hydrogen-bond donors (Lipinski definition) is 2. The van der Waals surface area contributed by atoms with Gasteiger partial charge in [0.15, 0.2) is 5.78 Å². The van der Waals surface area contributed by atoms with E-state index in [-0.39, 0.29) is 5.78 Å². The van der Waals surface area contributed by atoms with E-state index in [9.17, 15) is 4.79 Å². The SMILES string of the molecule is CCCc1cc(C(=O)CO)ccc1N. The normalized spacial score (nSPS) is 10.1. The number of anilines is 1. The van der Waals surface area contributed by atoms with Crippen molar-refractivity contribution < 1.29 is 9.90 Å². The number of aliphatic hydroxyl groups is 1. The van der Waals surface area contributed by atoms with E-state index in [1.54, 1.807) is 18.2 Å². The molecule has 0 saturated carbocycles. The van der Waals surface area contributed by atoms with Gasteiger partial charge in [0.05, 0.1) is 0 Å². The van der Waals surface area contributed by atoms with Crippen LogP contribution >= 0.6 is 0 Å². The number of Topliss-reactive ketones (excluding diaryl/α,β-unsaturated/α-hetero) is 1. The van der Waals surface area contributed by atoms with Crippen LogP contribution in [0.3, 0.4) is 0 Å². The average Bonchev–Trinajstić information content (AvgIpc) is 2.20. The minimum atomic E-state index is -0.449. The quantitative estimate of drug-likeness (QED) is 0.561. The van der Waals surface area contributed by atoms with Crippen molar-refractivity contribution >= 4 is 11.5 Å². The molecule has 0 heterocycles. The summed E-state index contributed by atoms with van der Waals surface area (Å²) in [5.74, 6) is -0.262. The molecule has 0 aliphatic rings. The first-order valence-electron chi connectivity index (χ1n) is 4.71. The molecular weight excluding hydrogens is 178 g/mol. The maximum Gasteiger partial charge on any atom is 0.188 e. The van der Waals surface area contributed by atoms with Crippen molar-refractivity contribution in [3.8, 4) is 0 Å². The van der Waals surface area contributed by atoms with Crippen LogP contribution < -0.4 is 5.73 Å². The second kappa shape index (κ2) is 4.77. The first kappa shape index (κ1) is 10.7. The fourth-order valence-corrected chi connectivity index (χ4v) is 1.36. The monoisotopic (exact) mass is 193 g/mol. The number of aliphatic hydroxyl groups excluding tert-OH is 1. The molecule has 1 rings (SSSR count). The predicted molar refractivity (Wildman–Crippen MR) is 56.3 cm³/mol. The van der Waals surface area contributed by atoms with Crippen LogP contribution in [0.4, 0.5) is 5.69 Å². The molecule has 3 nitrogen and oxygen atoms in total. The summed E-state index contributed by atoms with van der Waals surface area (Å²) in [5.41, 5.74) is 7.96. The van der Waals surface area contributed by atoms with Gasteiger partial charge in [-0.25, -0.2) is 0 Å². The van der Waals surface area contributed by atoms with Gasteiger partial charge in [-0.05, 0) is 30.2 Å². The number of hydrogen-bond acceptors (Lipinski definition) is 3. The van der Waals surface area contributed by atoms with Gasteiger partial charge in [-0.15, -0.1) is 0 Å². The Morgan fingerprint density at radius 3 is 2.79 bits per heavy atom. The molecular formula is C11H15NO2. The molecule has 0 radical (unpaired) electrons. The highest BCUT2D eigenvalue weighted by Crippen LogP contribution is 2.16. The van der Waals surface area contributed by atoms with Gasteiger partial charge in [0, 0.05) is 11.3 Å². The lowest BCUT2D eigenvalue weighted by atomic mass is 10.0. The van der Waals surface area contributed by atoms with Crippen molar-refractivity contribution in [3.63, 3.8) is 0 Å². The van der Waals surface area contributed by atoms with E-state index in [1.807, 2.05) is 0 Å². The van der Waals surface area contributed by atoms with Gasteiger partial charge < -0.3 is 10.8 Å². The number of nitrogen functional groups attached to an aromatic ring is 1. The third-order valence-corrected chi connectivity index (χ3v) is 2.13. The molecule has 0 aliphatic heterocycles. The van der Waals surface area contributed by atoms with Crippen molar-refractivity contribution in [1.29, 1.82) is 0 Å².